The van der Waals surface area contributed by atoms with Gasteiger partial charge < -0.3 is 15.3 Å². The molecule has 6 nitrogen and oxygen atoms in total. The lowest BCUT2D eigenvalue weighted by molar-refractivity contribution is 0.368. The lowest BCUT2D eigenvalue weighted by Crippen LogP contribution is -1.97. The highest BCUT2D eigenvalue weighted by Crippen LogP contribution is 2.32. The first-order chi connectivity index (χ1) is 6.78. The minimum atomic E-state index is -3.66. The minimum Gasteiger partial charge on any atom is -0.504 e. The average Bonchev–Trinajstić information content (AvgIpc) is 2.14. The van der Waals surface area contributed by atoms with Crippen molar-refractivity contribution in [1.29, 1.82) is 0 Å². The van der Waals surface area contributed by atoms with E-state index >= 15 is 0 Å². The molecule has 1 aromatic carbocycles. The summed E-state index contributed by atoms with van der Waals surface area (Å²) in [4.78, 5) is 0. The van der Waals surface area contributed by atoms with Gasteiger partial charge in [-0.2, -0.15) is 8.42 Å². The van der Waals surface area contributed by atoms with Crippen molar-refractivity contribution in [2.75, 3.05) is 5.75 Å². The Morgan fingerprint density at radius 2 is 1.47 bits per heavy atom. The third-order valence-corrected chi connectivity index (χ3v) is 2.09. The summed E-state index contributed by atoms with van der Waals surface area (Å²) in [5.41, 5.74) is 0. The fourth-order valence-corrected chi connectivity index (χ4v) is 0.519. The third kappa shape index (κ3) is 5.76. The van der Waals surface area contributed by atoms with E-state index in [-0.39, 0.29) is 17.3 Å². The quantitative estimate of drug-likeness (QED) is 0.421. The molecule has 0 spiro atoms. The maximum absolute atomic E-state index is 9.56. The predicted octanol–water partition coefficient (Wildman–Crippen LogP) is 0.698. The SMILES string of the molecule is CCS(=O)(=O)O.Oc1cccc(O)c1O. The largest absolute Gasteiger partial charge is 0.504 e. The topological polar surface area (TPSA) is 115 Å². The number of para-hydroxylation sites is 1. The van der Waals surface area contributed by atoms with E-state index < -0.39 is 15.9 Å². The van der Waals surface area contributed by atoms with Gasteiger partial charge in [-0.1, -0.05) is 6.07 Å². The fourth-order valence-electron chi connectivity index (χ4n) is 0.519. The first-order valence-electron chi connectivity index (χ1n) is 3.93. The second-order valence-corrected chi connectivity index (χ2v) is 4.26. The number of benzene rings is 1. The molecule has 0 atom stereocenters. The van der Waals surface area contributed by atoms with Crippen LogP contribution in [0.4, 0.5) is 0 Å². The summed E-state index contributed by atoms with van der Waals surface area (Å²) in [6.07, 6.45) is 0. The van der Waals surface area contributed by atoms with Crippen molar-refractivity contribution in [3.05, 3.63) is 18.2 Å². The zero-order chi connectivity index (χ0) is 12.1. The molecule has 4 N–H and O–H groups in total. The number of phenols is 3. The Morgan fingerprint density at radius 3 is 1.67 bits per heavy atom. The van der Waals surface area contributed by atoms with E-state index in [2.05, 4.69) is 0 Å². The Morgan fingerprint density at radius 1 is 1.13 bits per heavy atom. The van der Waals surface area contributed by atoms with Gasteiger partial charge in [-0.15, -0.1) is 0 Å². The van der Waals surface area contributed by atoms with E-state index in [4.69, 9.17) is 19.9 Å². The van der Waals surface area contributed by atoms with E-state index in [9.17, 15) is 8.42 Å². The molecule has 0 saturated heterocycles. The molecule has 0 aromatic heterocycles. The van der Waals surface area contributed by atoms with E-state index in [1.807, 2.05) is 0 Å². The zero-order valence-corrected chi connectivity index (χ0v) is 8.77. The van der Waals surface area contributed by atoms with E-state index in [0.29, 0.717) is 0 Å². The molecular formula is C8H12O6S. The van der Waals surface area contributed by atoms with Gasteiger partial charge in [0, 0.05) is 0 Å². The van der Waals surface area contributed by atoms with Gasteiger partial charge in [-0.3, -0.25) is 4.55 Å². The molecule has 7 heteroatoms. The van der Waals surface area contributed by atoms with Crippen molar-refractivity contribution in [1.82, 2.24) is 0 Å². The number of hydrogen-bond donors (Lipinski definition) is 4. The molecule has 0 unspecified atom stereocenters. The van der Waals surface area contributed by atoms with E-state index in [1.165, 1.54) is 25.1 Å². The molecule has 0 aliphatic carbocycles. The van der Waals surface area contributed by atoms with Crippen LogP contribution in [0.1, 0.15) is 6.92 Å². The van der Waals surface area contributed by atoms with Gasteiger partial charge in [0.1, 0.15) is 0 Å². The number of rotatable bonds is 1. The smallest absolute Gasteiger partial charge is 0.264 e. The summed E-state index contributed by atoms with van der Waals surface area (Å²) in [5.74, 6) is -1.30. The first kappa shape index (κ1) is 13.5. The van der Waals surface area contributed by atoms with Gasteiger partial charge in [0.15, 0.2) is 17.2 Å². The summed E-state index contributed by atoms with van der Waals surface area (Å²) in [7, 11) is -3.66. The van der Waals surface area contributed by atoms with Gasteiger partial charge in [0.25, 0.3) is 10.1 Å². The Bertz CT molecular complexity index is 391. The van der Waals surface area contributed by atoms with Crippen LogP contribution in [-0.4, -0.2) is 34.0 Å². The van der Waals surface area contributed by atoms with E-state index in [1.54, 1.807) is 0 Å². The van der Waals surface area contributed by atoms with Gasteiger partial charge in [0.2, 0.25) is 0 Å². The van der Waals surface area contributed by atoms with Crippen LogP contribution in [0, 0.1) is 0 Å². The minimum absolute atomic E-state index is 0.201. The molecule has 0 aliphatic rings. The van der Waals surface area contributed by atoms with Crippen molar-refractivity contribution in [2.45, 2.75) is 6.92 Å². The van der Waals surface area contributed by atoms with Crippen LogP contribution >= 0.6 is 0 Å². The second-order valence-electron chi connectivity index (χ2n) is 2.52. The van der Waals surface area contributed by atoms with Crippen molar-refractivity contribution in [3.63, 3.8) is 0 Å². The van der Waals surface area contributed by atoms with Gasteiger partial charge in [-0.05, 0) is 19.1 Å². The molecular weight excluding hydrogens is 224 g/mol. The van der Waals surface area contributed by atoms with Crippen molar-refractivity contribution in [2.24, 2.45) is 0 Å². The molecule has 0 radical (unpaired) electrons. The van der Waals surface area contributed by atoms with Crippen LogP contribution in [0.5, 0.6) is 17.2 Å². The third-order valence-electron chi connectivity index (χ3n) is 1.36. The zero-order valence-electron chi connectivity index (χ0n) is 7.95. The number of phenolic OH excluding ortho intramolecular Hbond substituents is 3. The molecule has 86 valence electrons. The van der Waals surface area contributed by atoms with Gasteiger partial charge in [0.05, 0.1) is 5.75 Å². The van der Waals surface area contributed by atoms with Crippen molar-refractivity contribution in [3.8, 4) is 17.2 Å². The Labute approximate surface area is 87.2 Å². The van der Waals surface area contributed by atoms with Crippen LogP contribution in [-0.2, 0) is 10.1 Å². The summed E-state index contributed by atoms with van der Waals surface area (Å²) < 4.78 is 26.9. The molecule has 0 saturated carbocycles. The maximum Gasteiger partial charge on any atom is 0.264 e. The molecule has 0 aliphatic heterocycles. The molecule has 1 aromatic rings. The molecule has 1 rings (SSSR count). The standard InChI is InChI=1S/C6H6O3.C2H6O3S/c7-4-2-1-3-5(8)6(4)9;1-2-6(3,4)5/h1-3,7-9H;2H2,1H3,(H,3,4,5). The highest BCUT2D eigenvalue weighted by molar-refractivity contribution is 7.85. The highest BCUT2D eigenvalue weighted by Gasteiger charge is 2.00. The Hall–Kier alpha value is -1.47. The summed E-state index contributed by atoms with van der Waals surface area (Å²) in [6.45, 7) is 1.37. The fraction of sp³-hybridized carbons (Fsp3) is 0.250. The monoisotopic (exact) mass is 236 g/mol. The normalized spacial score (nSPS) is 10.3. The Balaban J connectivity index is 0.000000288. The van der Waals surface area contributed by atoms with Crippen LogP contribution < -0.4 is 0 Å². The number of aromatic hydroxyl groups is 3. The van der Waals surface area contributed by atoms with Crippen LogP contribution in [0.15, 0.2) is 18.2 Å². The summed E-state index contributed by atoms with van der Waals surface area (Å²) in [5, 5.41) is 26.1. The van der Waals surface area contributed by atoms with Gasteiger partial charge in [-0.25, -0.2) is 0 Å². The summed E-state index contributed by atoms with van der Waals surface area (Å²) in [6, 6.07) is 4.01. The van der Waals surface area contributed by atoms with Crippen LogP contribution in [0.2, 0.25) is 0 Å². The molecule has 0 fully saturated rings. The second kappa shape index (κ2) is 5.42. The molecule has 15 heavy (non-hydrogen) atoms. The predicted molar refractivity (Wildman–Crippen MR) is 53.5 cm³/mol. The van der Waals surface area contributed by atoms with Crippen LogP contribution in [0.3, 0.4) is 0 Å². The maximum atomic E-state index is 9.56. The lowest BCUT2D eigenvalue weighted by atomic mass is 10.3. The van der Waals surface area contributed by atoms with Crippen molar-refractivity contribution >= 4 is 10.1 Å². The lowest BCUT2D eigenvalue weighted by Gasteiger charge is -1.96. The van der Waals surface area contributed by atoms with E-state index in [0.717, 1.165) is 0 Å². The number of hydrogen-bond acceptors (Lipinski definition) is 5. The van der Waals surface area contributed by atoms with Gasteiger partial charge >= 0.3 is 0 Å². The van der Waals surface area contributed by atoms with Crippen LogP contribution in [0.25, 0.3) is 0 Å². The first-order valence-corrected chi connectivity index (χ1v) is 5.54. The van der Waals surface area contributed by atoms with Crippen molar-refractivity contribution < 1.29 is 28.3 Å². The molecule has 0 heterocycles. The molecule has 0 amide bonds. The Kier molecular flexibility index (Phi) is 4.89. The average molecular weight is 236 g/mol. The summed E-state index contributed by atoms with van der Waals surface area (Å²) >= 11 is 0. The molecule has 0 bridgehead atoms. The highest BCUT2D eigenvalue weighted by atomic mass is 32.2.